The van der Waals surface area contributed by atoms with E-state index in [2.05, 4.69) is 40.8 Å². The number of amides is 2. The Balaban J connectivity index is 0.000000286. The van der Waals surface area contributed by atoms with Crippen molar-refractivity contribution < 1.29 is 23.5 Å². The maximum absolute atomic E-state index is 15.4. The molecule has 0 atom stereocenters. The number of hydrogen-bond acceptors (Lipinski definition) is 12. The Bertz CT molecular complexity index is 2040. The number of pyridine rings is 2. The predicted molar refractivity (Wildman–Crippen MR) is 200 cm³/mol. The molecule has 0 bridgehead atoms. The normalized spacial score (nSPS) is 14.9. The second-order valence-electron chi connectivity index (χ2n) is 12.4. The van der Waals surface area contributed by atoms with Crippen molar-refractivity contribution in [1.82, 2.24) is 40.4 Å². The minimum Gasteiger partial charge on any atom is -0.495 e. The Morgan fingerprint density at radius 3 is 2.23 bits per heavy atom. The van der Waals surface area contributed by atoms with E-state index in [1.54, 1.807) is 18.3 Å². The maximum Gasteiger partial charge on any atom is 0.259 e. The molecule has 7 rings (SSSR count). The summed E-state index contributed by atoms with van der Waals surface area (Å²) in [5.41, 5.74) is 8.77. The summed E-state index contributed by atoms with van der Waals surface area (Å²) in [6, 6.07) is 11.9. The molecule has 2 saturated heterocycles. The fraction of sp³-hybridized carbons (Fsp3) is 0.297. The van der Waals surface area contributed by atoms with Gasteiger partial charge in [0.05, 0.1) is 36.9 Å². The van der Waals surface area contributed by atoms with Gasteiger partial charge in [-0.2, -0.15) is 0 Å². The summed E-state index contributed by atoms with van der Waals surface area (Å²) >= 11 is 6.49. The SMILES string of the molecule is COc1cc(OC)c(Cl)c(-c2ccc(C(=O)Nc3ccc(CN4CCNC(=O)C4)cn3)c3nccnc23)c1F.Nc1ccc(CN2CCNCC2)cn1. The fourth-order valence-electron chi connectivity index (χ4n) is 6.08. The van der Waals surface area contributed by atoms with Crippen LogP contribution in [-0.4, -0.2) is 102 Å². The summed E-state index contributed by atoms with van der Waals surface area (Å²) in [4.78, 5) is 46.4. The van der Waals surface area contributed by atoms with Crippen molar-refractivity contribution in [1.29, 1.82) is 0 Å². The van der Waals surface area contributed by atoms with E-state index in [0.29, 0.717) is 36.8 Å². The Labute approximate surface area is 310 Å². The molecule has 2 amide bonds. The molecule has 276 valence electrons. The minimum atomic E-state index is -0.693. The second-order valence-corrected chi connectivity index (χ2v) is 12.8. The molecule has 0 saturated carbocycles. The van der Waals surface area contributed by atoms with Gasteiger partial charge in [-0.3, -0.25) is 29.4 Å². The zero-order valence-electron chi connectivity index (χ0n) is 29.4. The summed E-state index contributed by atoms with van der Waals surface area (Å²) in [6.45, 7) is 7.66. The van der Waals surface area contributed by atoms with Gasteiger partial charge in [0.25, 0.3) is 5.91 Å². The van der Waals surface area contributed by atoms with Crippen molar-refractivity contribution in [3.63, 3.8) is 0 Å². The lowest BCUT2D eigenvalue weighted by atomic mass is 9.99. The average Bonchev–Trinajstić information content (AvgIpc) is 3.17. The number of methoxy groups -OCH3 is 2. The number of benzene rings is 2. The number of piperazine rings is 2. The van der Waals surface area contributed by atoms with Gasteiger partial charge < -0.3 is 31.2 Å². The predicted octanol–water partition coefficient (Wildman–Crippen LogP) is 3.75. The number of aromatic nitrogens is 4. The van der Waals surface area contributed by atoms with Crippen LogP contribution in [0.3, 0.4) is 0 Å². The molecule has 3 aromatic heterocycles. The molecule has 0 aliphatic carbocycles. The summed E-state index contributed by atoms with van der Waals surface area (Å²) < 4.78 is 25.8. The van der Waals surface area contributed by atoms with Gasteiger partial charge in [-0.1, -0.05) is 29.8 Å². The molecule has 5 N–H and O–H groups in total. The van der Waals surface area contributed by atoms with Crippen LogP contribution in [0.4, 0.5) is 16.0 Å². The van der Waals surface area contributed by atoms with Gasteiger partial charge in [0.15, 0.2) is 11.6 Å². The molecule has 14 nitrogen and oxygen atoms in total. The van der Waals surface area contributed by atoms with Gasteiger partial charge in [-0.25, -0.2) is 14.4 Å². The largest absolute Gasteiger partial charge is 0.495 e. The van der Waals surface area contributed by atoms with Crippen LogP contribution in [0, 0.1) is 5.82 Å². The third kappa shape index (κ3) is 9.13. The molecular formula is C37H40ClFN10O4. The number of nitrogens with two attached hydrogens (primary N) is 1. The van der Waals surface area contributed by atoms with Gasteiger partial charge in [0.1, 0.15) is 22.9 Å². The fourth-order valence-corrected chi connectivity index (χ4v) is 6.40. The molecule has 0 radical (unpaired) electrons. The number of carbonyl (C=O) groups is 2. The van der Waals surface area contributed by atoms with Gasteiger partial charge in [0, 0.05) is 94.3 Å². The zero-order chi connectivity index (χ0) is 37.3. The van der Waals surface area contributed by atoms with Crippen LogP contribution in [0.25, 0.3) is 22.2 Å². The third-order valence-corrected chi connectivity index (χ3v) is 9.14. The van der Waals surface area contributed by atoms with Crippen molar-refractivity contribution in [2.24, 2.45) is 0 Å². The smallest absolute Gasteiger partial charge is 0.259 e. The molecule has 0 spiro atoms. The highest BCUT2D eigenvalue weighted by atomic mass is 35.5. The van der Waals surface area contributed by atoms with Crippen LogP contribution in [0.2, 0.25) is 5.02 Å². The molecule has 2 aliphatic heterocycles. The Morgan fingerprint density at radius 1 is 0.887 bits per heavy atom. The van der Waals surface area contributed by atoms with Crippen molar-refractivity contribution >= 4 is 46.1 Å². The summed E-state index contributed by atoms with van der Waals surface area (Å²) in [6.07, 6.45) is 6.41. The molecule has 5 aromatic rings. The van der Waals surface area contributed by atoms with E-state index in [-0.39, 0.29) is 44.6 Å². The van der Waals surface area contributed by atoms with Crippen LogP contribution in [-0.2, 0) is 17.9 Å². The van der Waals surface area contributed by atoms with E-state index >= 15 is 4.39 Å². The minimum absolute atomic E-state index is 0.00464. The lowest BCUT2D eigenvalue weighted by Gasteiger charge is -2.26. The quantitative estimate of drug-likeness (QED) is 0.173. The second kappa shape index (κ2) is 17.4. The molecule has 53 heavy (non-hydrogen) atoms. The molecule has 2 aliphatic rings. The Hall–Kier alpha value is -5.48. The summed E-state index contributed by atoms with van der Waals surface area (Å²) in [5.74, 6) is -0.0568. The number of nitrogens with zero attached hydrogens (tertiary/aromatic N) is 6. The number of rotatable bonds is 9. The molecule has 2 aromatic carbocycles. The van der Waals surface area contributed by atoms with Gasteiger partial charge >= 0.3 is 0 Å². The lowest BCUT2D eigenvalue weighted by Crippen LogP contribution is -2.47. The number of halogens is 2. The number of hydrogen-bond donors (Lipinski definition) is 4. The number of carbonyl (C=O) groups excluding carboxylic acids is 2. The first-order chi connectivity index (χ1) is 25.7. The van der Waals surface area contributed by atoms with E-state index < -0.39 is 11.7 Å². The molecule has 16 heteroatoms. The monoisotopic (exact) mass is 742 g/mol. The van der Waals surface area contributed by atoms with E-state index in [9.17, 15) is 9.59 Å². The highest BCUT2D eigenvalue weighted by molar-refractivity contribution is 6.35. The number of anilines is 2. The zero-order valence-corrected chi connectivity index (χ0v) is 30.1. The standard InChI is InChI=1S/C27H24ClFN6O4.C10H16N4/c1-38-18-11-19(39-2)24(29)22(23(18)28)16-4-5-17(26-25(16)31-7-8-32-26)27(37)34-20-6-3-15(12-33-20)13-35-10-9-30-21(36)14-35;11-10-2-1-9(7-13-10)8-14-5-3-12-4-6-14/h3-8,11-12H,9-10,13-14H2,1-2H3,(H,30,36)(H,33,34,37);1-2,7,12H,3-6,8H2,(H2,11,13). The van der Waals surface area contributed by atoms with Crippen molar-refractivity contribution in [2.45, 2.75) is 13.1 Å². The maximum atomic E-state index is 15.4. The first kappa shape index (κ1) is 37.3. The van der Waals surface area contributed by atoms with Crippen LogP contribution in [0.5, 0.6) is 11.5 Å². The van der Waals surface area contributed by atoms with E-state index in [0.717, 1.165) is 44.8 Å². The number of nitrogen functional groups attached to an aromatic ring is 1. The number of fused-ring (bicyclic) bond motifs is 1. The number of ether oxygens (including phenoxy) is 2. The van der Waals surface area contributed by atoms with E-state index in [4.69, 9.17) is 26.8 Å². The molecule has 0 unspecified atom stereocenters. The van der Waals surface area contributed by atoms with Crippen molar-refractivity contribution in [2.75, 3.05) is 71.1 Å². The molecule has 2 fully saturated rings. The summed E-state index contributed by atoms with van der Waals surface area (Å²) in [5, 5.41) is 8.94. The highest BCUT2D eigenvalue weighted by Gasteiger charge is 2.24. The highest BCUT2D eigenvalue weighted by Crippen LogP contribution is 2.44. The van der Waals surface area contributed by atoms with Gasteiger partial charge in [-0.05, 0) is 29.3 Å². The van der Waals surface area contributed by atoms with Crippen molar-refractivity contribution in [3.05, 3.63) is 94.8 Å². The molecular weight excluding hydrogens is 703 g/mol. The molecule has 5 heterocycles. The topological polar surface area (TPSA) is 173 Å². The number of nitrogens with one attached hydrogen (secondary N) is 3. The summed E-state index contributed by atoms with van der Waals surface area (Å²) in [7, 11) is 2.76. The average molecular weight is 743 g/mol. The first-order valence-corrected chi connectivity index (χ1v) is 17.3. The Morgan fingerprint density at radius 2 is 1.57 bits per heavy atom. The van der Waals surface area contributed by atoms with Crippen LogP contribution >= 0.6 is 11.6 Å². The first-order valence-electron chi connectivity index (χ1n) is 17.0. The van der Waals surface area contributed by atoms with Crippen LogP contribution < -0.4 is 31.2 Å². The van der Waals surface area contributed by atoms with Crippen LogP contribution in [0.1, 0.15) is 21.5 Å². The Kier molecular flexibility index (Phi) is 12.2. The van der Waals surface area contributed by atoms with E-state index in [1.165, 1.54) is 44.3 Å². The third-order valence-electron chi connectivity index (χ3n) is 8.77. The van der Waals surface area contributed by atoms with Crippen LogP contribution in [0.15, 0.2) is 67.3 Å². The van der Waals surface area contributed by atoms with Gasteiger partial charge in [0.2, 0.25) is 5.91 Å². The van der Waals surface area contributed by atoms with Crippen molar-refractivity contribution in [3.8, 4) is 22.6 Å². The lowest BCUT2D eigenvalue weighted by molar-refractivity contribution is -0.124. The van der Waals surface area contributed by atoms with Gasteiger partial charge in [-0.15, -0.1) is 0 Å². The van der Waals surface area contributed by atoms with E-state index in [1.807, 2.05) is 29.3 Å².